The summed E-state index contributed by atoms with van der Waals surface area (Å²) in [6.07, 6.45) is 0.123. The van der Waals surface area contributed by atoms with Gasteiger partial charge in [-0.3, -0.25) is 4.79 Å². The number of methoxy groups -OCH3 is 1. The predicted octanol–water partition coefficient (Wildman–Crippen LogP) is 2.34. The van der Waals surface area contributed by atoms with E-state index in [1.807, 2.05) is 6.92 Å². The standard InChI is InChI=1S/C11H10BrNO2/c1-7-3-9(6-13)8(4-10(7)12)5-11(14)15-2/h3-4H,5H2,1-2H3. The average molecular weight is 268 g/mol. The number of ether oxygens (including phenoxy) is 1. The lowest BCUT2D eigenvalue weighted by Crippen LogP contribution is -2.06. The van der Waals surface area contributed by atoms with Crippen LogP contribution in [0, 0.1) is 18.3 Å². The lowest BCUT2D eigenvalue weighted by Gasteiger charge is -2.05. The summed E-state index contributed by atoms with van der Waals surface area (Å²) in [7, 11) is 1.33. The molecule has 1 aromatic carbocycles. The van der Waals surface area contributed by atoms with Crippen LogP contribution >= 0.6 is 15.9 Å². The van der Waals surface area contributed by atoms with Crippen molar-refractivity contribution in [3.63, 3.8) is 0 Å². The maximum Gasteiger partial charge on any atom is 0.310 e. The Kier molecular flexibility index (Phi) is 3.87. The number of halogens is 1. The summed E-state index contributed by atoms with van der Waals surface area (Å²) in [5.74, 6) is -0.345. The van der Waals surface area contributed by atoms with Crippen molar-refractivity contribution in [2.45, 2.75) is 13.3 Å². The molecule has 0 aromatic heterocycles. The van der Waals surface area contributed by atoms with Gasteiger partial charge in [-0.1, -0.05) is 15.9 Å². The van der Waals surface area contributed by atoms with E-state index in [9.17, 15) is 4.79 Å². The van der Waals surface area contributed by atoms with Crippen LogP contribution in [0.15, 0.2) is 16.6 Å². The van der Waals surface area contributed by atoms with Gasteiger partial charge < -0.3 is 4.74 Å². The summed E-state index contributed by atoms with van der Waals surface area (Å²) < 4.78 is 5.45. The van der Waals surface area contributed by atoms with Crippen LogP contribution in [0.2, 0.25) is 0 Å². The summed E-state index contributed by atoms with van der Waals surface area (Å²) in [6, 6.07) is 5.60. The summed E-state index contributed by atoms with van der Waals surface area (Å²) in [4.78, 5) is 11.1. The van der Waals surface area contributed by atoms with Gasteiger partial charge in [0.15, 0.2) is 0 Å². The van der Waals surface area contributed by atoms with E-state index in [-0.39, 0.29) is 12.4 Å². The van der Waals surface area contributed by atoms with Gasteiger partial charge in [0.05, 0.1) is 25.2 Å². The Labute approximate surface area is 96.8 Å². The van der Waals surface area contributed by atoms with Gasteiger partial charge in [0.25, 0.3) is 0 Å². The number of esters is 1. The minimum absolute atomic E-state index is 0.123. The van der Waals surface area contributed by atoms with Crippen LogP contribution in [-0.4, -0.2) is 13.1 Å². The summed E-state index contributed by atoms with van der Waals surface area (Å²) in [5.41, 5.74) is 2.17. The minimum Gasteiger partial charge on any atom is -0.469 e. The van der Waals surface area contributed by atoms with E-state index < -0.39 is 0 Å². The third kappa shape index (κ3) is 2.80. The van der Waals surface area contributed by atoms with E-state index >= 15 is 0 Å². The van der Waals surface area contributed by atoms with Crippen LogP contribution in [0.25, 0.3) is 0 Å². The number of benzene rings is 1. The zero-order valence-corrected chi connectivity index (χ0v) is 10.1. The van der Waals surface area contributed by atoms with E-state index in [1.54, 1.807) is 12.1 Å². The Hall–Kier alpha value is -1.34. The third-order valence-electron chi connectivity index (χ3n) is 2.07. The Balaban J connectivity index is 3.12. The first-order valence-electron chi connectivity index (χ1n) is 4.34. The topological polar surface area (TPSA) is 50.1 Å². The van der Waals surface area contributed by atoms with E-state index in [1.165, 1.54) is 7.11 Å². The molecule has 0 saturated carbocycles. The fourth-order valence-corrected chi connectivity index (χ4v) is 1.59. The SMILES string of the molecule is COC(=O)Cc1cc(Br)c(C)cc1C#N. The molecule has 0 heterocycles. The van der Waals surface area contributed by atoms with Gasteiger partial charge in [-0.05, 0) is 30.2 Å². The first-order valence-corrected chi connectivity index (χ1v) is 5.13. The molecule has 0 aliphatic rings. The molecule has 3 nitrogen and oxygen atoms in total. The van der Waals surface area contributed by atoms with E-state index in [2.05, 4.69) is 26.7 Å². The van der Waals surface area contributed by atoms with Crippen LogP contribution in [0.4, 0.5) is 0 Å². The van der Waals surface area contributed by atoms with Crippen LogP contribution < -0.4 is 0 Å². The summed E-state index contributed by atoms with van der Waals surface area (Å²) >= 11 is 3.36. The monoisotopic (exact) mass is 267 g/mol. The summed E-state index contributed by atoms with van der Waals surface area (Å²) in [5, 5.41) is 8.90. The molecule has 0 radical (unpaired) electrons. The van der Waals surface area contributed by atoms with Gasteiger partial charge in [-0.2, -0.15) is 5.26 Å². The second-order valence-electron chi connectivity index (χ2n) is 3.12. The second kappa shape index (κ2) is 4.94. The fraction of sp³-hybridized carbons (Fsp3) is 0.273. The zero-order valence-electron chi connectivity index (χ0n) is 8.50. The molecule has 1 rings (SSSR count). The second-order valence-corrected chi connectivity index (χ2v) is 3.98. The molecule has 1 aromatic rings. The van der Waals surface area contributed by atoms with Crippen molar-refractivity contribution >= 4 is 21.9 Å². The van der Waals surface area contributed by atoms with Crippen LogP contribution in [0.1, 0.15) is 16.7 Å². The number of hydrogen-bond acceptors (Lipinski definition) is 3. The molecule has 78 valence electrons. The highest BCUT2D eigenvalue weighted by Crippen LogP contribution is 2.21. The Morgan fingerprint density at radius 3 is 2.80 bits per heavy atom. The minimum atomic E-state index is -0.345. The van der Waals surface area contributed by atoms with Gasteiger partial charge in [0, 0.05) is 4.47 Å². The number of nitriles is 1. The number of carbonyl (C=O) groups excluding carboxylic acids is 1. The highest BCUT2D eigenvalue weighted by molar-refractivity contribution is 9.10. The fourth-order valence-electron chi connectivity index (χ4n) is 1.20. The van der Waals surface area contributed by atoms with Crippen molar-refractivity contribution in [2.24, 2.45) is 0 Å². The normalized spacial score (nSPS) is 9.47. The molecule has 0 aliphatic heterocycles. The lowest BCUT2D eigenvalue weighted by atomic mass is 10.0. The van der Waals surface area contributed by atoms with Crippen LogP contribution in [0.3, 0.4) is 0 Å². The Bertz CT molecular complexity index is 435. The van der Waals surface area contributed by atoms with Crippen molar-refractivity contribution in [1.29, 1.82) is 5.26 Å². The largest absolute Gasteiger partial charge is 0.469 e. The highest BCUT2D eigenvalue weighted by Gasteiger charge is 2.10. The van der Waals surface area contributed by atoms with E-state index in [0.717, 1.165) is 10.0 Å². The molecule has 0 amide bonds. The smallest absolute Gasteiger partial charge is 0.310 e. The first kappa shape index (κ1) is 11.7. The molecule has 0 fully saturated rings. The molecule has 0 atom stereocenters. The molecule has 0 N–H and O–H groups in total. The Morgan fingerprint density at radius 1 is 1.60 bits per heavy atom. The molecule has 4 heteroatoms. The molecular formula is C11H10BrNO2. The van der Waals surface area contributed by atoms with Crippen molar-refractivity contribution in [1.82, 2.24) is 0 Å². The quantitative estimate of drug-likeness (QED) is 0.773. The molecule has 0 saturated heterocycles. The number of carbonyl (C=O) groups is 1. The number of nitrogens with zero attached hydrogens (tertiary/aromatic N) is 1. The van der Waals surface area contributed by atoms with Gasteiger partial charge in [-0.25, -0.2) is 0 Å². The first-order chi connectivity index (χ1) is 7.08. The van der Waals surface area contributed by atoms with Gasteiger partial charge in [-0.15, -0.1) is 0 Å². The number of hydrogen-bond donors (Lipinski definition) is 0. The molecule has 0 aliphatic carbocycles. The molecule has 0 spiro atoms. The maximum absolute atomic E-state index is 11.1. The third-order valence-corrected chi connectivity index (χ3v) is 2.92. The number of rotatable bonds is 2. The van der Waals surface area contributed by atoms with Gasteiger partial charge in [0.1, 0.15) is 0 Å². The van der Waals surface area contributed by atoms with E-state index in [4.69, 9.17) is 5.26 Å². The van der Waals surface area contributed by atoms with Gasteiger partial charge in [0.2, 0.25) is 0 Å². The van der Waals surface area contributed by atoms with Crippen LogP contribution in [0.5, 0.6) is 0 Å². The average Bonchev–Trinajstić information content (AvgIpc) is 2.22. The molecule has 0 unspecified atom stereocenters. The van der Waals surface area contributed by atoms with E-state index in [0.29, 0.717) is 11.1 Å². The Morgan fingerprint density at radius 2 is 2.27 bits per heavy atom. The van der Waals surface area contributed by atoms with Crippen molar-refractivity contribution in [2.75, 3.05) is 7.11 Å². The predicted molar refractivity (Wildman–Crippen MR) is 59.3 cm³/mol. The van der Waals surface area contributed by atoms with Crippen molar-refractivity contribution < 1.29 is 9.53 Å². The molecular weight excluding hydrogens is 258 g/mol. The van der Waals surface area contributed by atoms with Gasteiger partial charge >= 0.3 is 5.97 Å². The molecule has 15 heavy (non-hydrogen) atoms. The number of aryl methyl sites for hydroxylation is 1. The van der Waals surface area contributed by atoms with Crippen molar-refractivity contribution in [3.05, 3.63) is 33.3 Å². The zero-order chi connectivity index (χ0) is 11.4. The summed E-state index contributed by atoms with van der Waals surface area (Å²) in [6.45, 7) is 1.90. The van der Waals surface area contributed by atoms with Crippen LogP contribution in [-0.2, 0) is 16.0 Å². The lowest BCUT2D eigenvalue weighted by molar-refractivity contribution is -0.139. The molecule has 0 bridgehead atoms. The van der Waals surface area contributed by atoms with Crippen molar-refractivity contribution in [3.8, 4) is 6.07 Å². The highest BCUT2D eigenvalue weighted by atomic mass is 79.9. The maximum atomic E-state index is 11.1.